The first-order valence-corrected chi connectivity index (χ1v) is 9.14. The van der Waals surface area contributed by atoms with Crippen LogP contribution in [0.1, 0.15) is 16.1 Å². The largest absolute Gasteiger partial charge is 0.452 e. The molecule has 31 heavy (non-hydrogen) atoms. The highest BCUT2D eigenvalue weighted by Crippen LogP contribution is 2.17. The van der Waals surface area contributed by atoms with Gasteiger partial charge in [0.15, 0.2) is 6.61 Å². The number of alkyl halides is 2. The van der Waals surface area contributed by atoms with Gasteiger partial charge in [-0.25, -0.2) is 9.48 Å². The summed E-state index contributed by atoms with van der Waals surface area (Å²) in [5, 5.41) is 2.46. The predicted molar refractivity (Wildman–Crippen MR) is 108 cm³/mol. The zero-order valence-corrected chi connectivity index (χ0v) is 16.7. The van der Waals surface area contributed by atoms with Crippen molar-refractivity contribution >= 4 is 17.6 Å². The van der Waals surface area contributed by atoms with E-state index in [1.807, 2.05) is 6.07 Å². The lowest BCUT2D eigenvalue weighted by molar-refractivity contribution is -0.119. The van der Waals surface area contributed by atoms with Crippen molar-refractivity contribution in [1.29, 1.82) is 0 Å². The third-order valence-corrected chi connectivity index (χ3v) is 4.45. The molecule has 0 radical (unpaired) electrons. The molecule has 1 aromatic heterocycles. The van der Waals surface area contributed by atoms with E-state index in [0.29, 0.717) is 11.4 Å². The molecule has 3 aromatic rings. The molecular weight excluding hydrogens is 412 g/mol. The van der Waals surface area contributed by atoms with E-state index in [-0.39, 0.29) is 17.0 Å². The van der Waals surface area contributed by atoms with Crippen molar-refractivity contribution in [2.75, 3.05) is 11.9 Å². The van der Waals surface area contributed by atoms with E-state index in [2.05, 4.69) is 10.1 Å². The van der Waals surface area contributed by atoms with Crippen LogP contribution in [-0.4, -0.2) is 34.5 Å². The van der Waals surface area contributed by atoms with Crippen LogP contribution in [-0.2, 0) is 16.6 Å². The van der Waals surface area contributed by atoms with Gasteiger partial charge in [0, 0.05) is 7.05 Å². The van der Waals surface area contributed by atoms with E-state index in [1.54, 1.807) is 42.9 Å². The number of ether oxygens (including phenoxy) is 2. The summed E-state index contributed by atoms with van der Waals surface area (Å²) < 4.78 is 36.7. The monoisotopic (exact) mass is 431 g/mol. The SMILES string of the molecule is Cc1c(NC(=O)COC(=O)c2cccc(OC(F)F)c2)c(=O)n(-c2ccccc2)n1C. The zero-order valence-electron chi connectivity index (χ0n) is 16.7. The maximum atomic E-state index is 12.8. The highest BCUT2D eigenvalue weighted by molar-refractivity contribution is 5.95. The lowest BCUT2D eigenvalue weighted by Crippen LogP contribution is -2.25. The molecule has 0 aliphatic heterocycles. The lowest BCUT2D eigenvalue weighted by atomic mass is 10.2. The van der Waals surface area contributed by atoms with Crippen molar-refractivity contribution in [3.63, 3.8) is 0 Å². The van der Waals surface area contributed by atoms with Gasteiger partial charge in [-0.05, 0) is 37.3 Å². The number of carbonyl (C=O) groups excluding carboxylic acids is 2. The second kappa shape index (κ2) is 9.24. The molecule has 0 aliphatic rings. The molecule has 162 valence electrons. The number of carbonyl (C=O) groups is 2. The van der Waals surface area contributed by atoms with Gasteiger partial charge in [0.2, 0.25) is 0 Å². The predicted octanol–water partition coefficient (Wildman–Crippen LogP) is 2.88. The maximum absolute atomic E-state index is 12.8. The summed E-state index contributed by atoms with van der Waals surface area (Å²) in [6.07, 6.45) is 0. The number of halogens is 2. The molecule has 10 heteroatoms. The number of hydrogen-bond acceptors (Lipinski definition) is 5. The van der Waals surface area contributed by atoms with Gasteiger partial charge in [-0.1, -0.05) is 24.3 Å². The van der Waals surface area contributed by atoms with E-state index in [0.717, 1.165) is 6.07 Å². The van der Waals surface area contributed by atoms with Gasteiger partial charge in [0.1, 0.15) is 11.4 Å². The summed E-state index contributed by atoms with van der Waals surface area (Å²) in [5.74, 6) is -1.84. The average molecular weight is 431 g/mol. The van der Waals surface area contributed by atoms with Gasteiger partial charge < -0.3 is 14.8 Å². The van der Waals surface area contributed by atoms with Crippen LogP contribution < -0.4 is 15.6 Å². The number of para-hydroxylation sites is 1. The Morgan fingerprint density at radius 1 is 1.10 bits per heavy atom. The van der Waals surface area contributed by atoms with E-state index in [9.17, 15) is 23.2 Å². The number of hydrogen-bond donors (Lipinski definition) is 1. The Labute approximate surface area is 175 Å². The number of benzene rings is 2. The summed E-state index contributed by atoms with van der Waals surface area (Å²) in [5.41, 5.74) is 0.678. The van der Waals surface area contributed by atoms with E-state index < -0.39 is 30.7 Å². The first kappa shape index (κ1) is 21.8. The first-order chi connectivity index (χ1) is 14.8. The molecule has 3 rings (SSSR count). The summed E-state index contributed by atoms with van der Waals surface area (Å²) in [4.78, 5) is 37.1. The molecule has 0 aliphatic carbocycles. The number of aromatic nitrogens is 2. The van der Waals surface area contributed by atoms with Gasteiger partial charge in [-0.2, -0.15) is 8.78 Å². The van der Waals surface area contributed by atoms with Crippen LogP contribution in [0, 0.1) is 6.92 Å². The van der Waals surface area contributed by atoms with Gasteiger partial charge in [0.05, 0.1) is 16.9 Å². The van der Waals surface area contributed by atoms with Crippen molar-refractivity contribution in [2.45, 2.75) is 13.5 Å². The average Bonchev–Trinajstić information content (AvgIpc) is 2.95. The minimum Gasteiger partial charge on any atom is -0.452 e. The molecule has 0 unspecified atom stereocenters. The fourth-order valence-corrected chi connectivity index (χ4v) is 2.90. The molecule has 8 nitrogen and oxygen atoms in total. The Balaban J connectivity index is 1.68. The van der Waals surface area contributed by atoms with Crippen molar-refractivity contribution in [2.24, 2.45) is 7.05 Å². The van der Waals surface area contributed by atoms with Crippen molar-refractivity contribution < 1.29 is 27.8 Å². The second-order valence-corrected chi connectivity index (χ2v) is 6.47. The van der Waals surface area contributed by atoms with Gasteiger partial charge >= 0.3 is 12.6 Å². The van der Waals surface area contributed by atoms with Crippen LogP contribution in [0.5, 0.6) is 5.75 Å². The van der Waals surface area contributed by atoms with E-state index >= 15 is 0 Å². The van der Waals surface area contributed by atoms with Crippen molar-refractivity contribution in [3.8, 4) is 11.4 Å². The van der Waals surface area contributed by atoms with Gasteiger partial charge in [0.25, 0.3) is 11.5 Å². The number of amides is 1. The minimum absolute atomic E-state index is 0.0553. The van der Waals surface area contributed by atoms with Crippen molar-refractivity contribution in [1.82, 2.24) is 9.36 Å². The molecule has 1 heterocycles. The molecule has 1 N–H and O–H groups in total. The molecule has 0 saturated carbocycles. The fourth-order valence-electron chi connectivity index (χ4n) is 2.90. The Bertz CT molecular complexity index is 1160. The number of nitrogens with one attached hydrogen (secondary N) is 1. The first-order valence-electron chi connectivity index (χ1n) is 9.14. The smallest absolute Gasteiger partial charge is 0.387 e. The third kappa shape index (κ3) is 4.97. The van der Waals surface area contributed by atoms with Crippen LogP contribution >= 0.6 is 0 Å². The van der Waals surface area contributed by atoms with Crippen LogP contribution in [0.15, 0.2) is 59.4 Å². The Kier molecular flexibility index (Phi) is 6.49. The molecular formula is C21H19F2N3O5. The summed E-state index contributed by atoms with van der Waals surface area (Å²) >= 11 is 0. The minimum atomic E-state index is -3.04. The zero-order chi connectivity index (χ0) is 22.5. The number of esters is 1. The maximum Gasteiger partial charge on any atom is 0.387 e. The molecule has 0 saturated heterocycles. The molecule has 0 fully saturated rings. The highest BCUT2D eigenvalue weighted by atomic mass is 19.3. The Morgan fingerprint density at radius 3 is 2.48 bits per heavy atom. The Morgan fingerprint density at radius 2 is 1.81 bits per heavy atom. The normalized spacial score (nSPS) is 10.7. The fraction of sp³-hybridized carbons (Fsp3) is 0.190. The van der Waals surface area contributed by atoms with Crippen LogP contribution in [0.3, 0.4) is 0 Å². The third-order valence-electron chi connectivity index (χ3n) is 4.45. The van der Waals surface area contributed by atoms with E-state index in [1.165, 1.54) is 22.9 Å². The summed E-state index contributed by atoms with van der Waals surface area (Å²) in [6.45, 7) is -2.04. The van der Waals surface area contributed by atoms with Crippen LogP contribution in [0.4, 0.5) is 14.5 Å². The molecule has 0 bridgehead atoms. The van der Waals surface area contributed by atoms with Gasteiger partial charge in [-0.15, -0.1) is 0 Å². The van der Waals surface area contributed by atoms with Gasteiger partial charge in [-0.3, -0.25) is 14.3 Å². The molecule has 2 aromatic carbocycles. The summed E-state index contributed by atoms with van der Waals surface area (Å²) in [6, 6.07) is 13.9. The lowest BCUT2D eigenvalue weighted by Gasteiger charge is -2.08. The number of rotatable bonds is 7. The number of anilines is 1. The Hall–Kier alpha value is -3.95. The molecule has 0 spiro atoms. The van der Waals surface area contributed by atoms with E-state index in [4.69, 9.17) is 4.74 Å². The van der Waals surface area contributed by atoms with Crippen LogP contribution in [0.25, 0.3) is 5.69 Å². The summed E-state index contributed by atoms with van der Waals surface area (Å²) in [7, 11) is 1.67. The van der Waals surface area contributed by atoms with Crippen LogP contribution in [0.2, 0.25) is 0 Å². The standard InChI is InChI=1S/C21H19F2N3O5/c1-13-18(19(28)26(25(13)2)15-8-4-3-5-9-15)24-17(27)12-30-20(29)14-7-6-10-16(11-14)31-21(22)23/h3-11,21H,12H2,1-2H3,(H,24,27). The quantitative estimate of drug-likeness (QED) is 0.581. The molecule has 1 amide bonds. The topological polar surface area (TPSA) is 91.6 Å². The second-order valence-electron chi connectivity index (χ2n) is 6.47. The molecule has 0 atom stereocenters. The number of nitrogens with zero attached hydrogens (tertiary/aromatic N) is 2. The van der Waals surface area contributed by atoms with Crippen molar-refractivity contribution in [3.05, 3.63) is 76.2 Å². The highest BCUT2D eigenvalue weighted by Gasteiger charge is 2.19.